The van der Waals surface area contributed by atoms with E-state index in [1.165, 1.54) is 18.4 Å². The first kappa shape index (κ1) is 16.6. The molecule has 0 saturated carbocycles. The van der Waals surface area contributed by atoms with Crippen molar-refractivity contribution in [3.8, 4) is 0 Å². The van der Waals surface area contributed by atoms with Crippen LogP contribution in [0, 0.1) is 10.2 Å². The number of quaternary nitrogens is 1. The second-order valence-corrected chi connectivity index (χ2v) is 6.56. The smallest absolute Gasteiger partial charge is 0.201 e. The summed E-state index contributed by atoms with van der Waals surface area (Å²) in [4.78, 5) is 0. The fraction of sp³-hybridized carbons (Fsp3) is 0.571. The molecule has 2 heterocycles. The summed E-state index contributed by atoms with van der Waals surface area (Å²) >= 11 is 0. The van der Waals surface area contributed by atoms with Crippen LogP contribution in [0.15, 0.2) is 30.3 Å². The molecule has 2 fully saturated rings. The molecule has 2 aliphatic heterocycles. The largest absolute Gasteiger partial charge is 0.342 e. The average molecular weight is 318 g/mol. The maximum Gasteiger partial charge on any atom is 0.201 e. The summed E-state index contributed by atoms with van der Waals surface area (Å²) in [5, 5.41) is 10.7. The molecule has 2 saturated heterocycles. The number of benzene rings is 1. The second kappa shape index (κ2) is 6.18. The highest BCUT2D eigenvalue weighted by Crippen LogP contribution is 2.45. The van der Waals surface area contributed by atoms with Crippen LogP contribution in [-0.2, 0) is 6.54 Å². The molecule has 2 aliphatic rings. The van der Waals surface area contributed by atoms with Crippen LogP contribution in [0.4, 0.5) is 0 Å². The minimum Gasteiger partial charge on any atom is -0.342 e. The van der Waals surface area contributed by atoms with Crippen LogP contribution >= 0.6 is 0 Å². The molecule has 0 unspecified atom stereocenters. The Bertz CT molecular complexity index is 446. The van der Waals surface area contributed by atoms with Crippen molar-refractivity contribution in [2.45, 2.75) is 38.0 Å². The Morgan fingerprint density at radius 3 is 1.95 bits per heavy atom. The molecule has 21 heavy (non-hydrogen) atoms. The van der Waals surface area contributed by atoms with Gasteiger partial charge in [-0.3, -0.25) is 4.48 Å². The number of aliphatic hydroxyl groups is 1. The molecule has 6 nitrogen and oxygen atoms in total. The van der Waals surface area contributed by atoms with Gasteiger partial charge in [-0.05, 0) is 0 Å². The number of halogens is 1. The number of rotatable bonds is 2. The molecular formula is C14H20ClNO5. The van der Waals surface area contributed by atoms with Crippen LogP contribution in [0.2, 0.25) is 0 Å². The fourth-order valence-electron chi connectivity index (χ4n) is 3.70. The van der Waals surface area contributed by atoms with Gasteiger partial charge in [0.15, 0.2) is 0 Å². The molecule has 7 heteroatoms. The number of hydrogen-bond acceptors (Lipinski definition) is 5. The highest BCUT2D eigenvalue weighted by atomic mass is 35.7. The lowest BCUT2D eigenvalue weighted by atomic mass is 10.1. The summed E-state index contributed by atoms with van der Waals surface area (Å²) in [5.41, 5.74) is 0.959. The van der Waals surface area contributed by atoms with Gasteiger partial charge in [0.1, 0.15) is 6.54 Å². The van der Waals surface area contributed by atoms with E-state index >= 15 is 0 Å². The predicted molar refractivity (Wildman–Crippen MR) is 63.6 cm³/mol. The normalized spacial score (nSPS) is 31.5. The summed E-state index contributed by atoms with van der Waals surface area (Å²) in [7, 11) is -4.94. The molecular weight excluding hydrogens is 298 g/mol. The van der Waals surface area contributed by atoms with Crippen molar-refractivity contribution in [3.05, 3.63) is 35.9 Å². The van der Waals surface area contributed by atoms with E-state index in [9.17, 15) is 5.11 Å². The van der Waals surface area contributed by atoms with E-state index in [2.05, 4.69) is 30.3 Å². The molecule has 0 spiro atoms. The van der Waals surface area contributed by atoms with E-state index < -0.39 is 16.0 Å². The van der Waals surface area contributed by atoms with Crippen molar-refractivity contribution in [2.75, 3.05) is 13.1 Å². The molecule has 0 radical (unpaired) electrons. The van der Waals surface area contributed by atoms with Crippen molar-refractivity contribution in [3.63, 3.8) is 0 Å². The lowest BCUT2D eigenvalue weighted by Crippen LogP contribution is -2.68. The van der Waals surface area contributed by atoms with Crippen molar-refractivity contribution in [2.24, 2.45) is 0 Å². The third-order valence-corrected chi connectivity index (χ3v) is 4.54. The molecule has 0 aliphatic carbocycles. The van der Waals surface area contributed by atoms with Gasteiger partial charge in [-0.15, -0.1) is 10.2 Å². The Balaban J connectivity index is 0.000000282. The quantitative estimate of drug-likeness (QED) is 0.607. The van der Waals surface area contributed by atoms with Gasteiger partial charge in [0.25, 0.3) is 0 Å². The third-order valence-electron chi connectivity index (χ3n) is 4.54. The van der Waals surface area contributed by atoms with Crippen LogP contribution < -0.4 is 18.6 Å². The van der Waals surface area contributed by atoms with Crippen molar-refractivity contribution in [1.29, 1.82) is 0 Å². The summed E-state index contributed by atoms with van der Waals surface area (Å²) in [6.07, 6.45) is 4.37. The van der Waals surface area contributed by atoms with Gasteiger partial charge in [0.05, 0.1) is 13.1 Å². The first-order chi connectivity index (χ1) is 9.74. The van der Waals surface area contributed by atoms with Crippen molar-refractivity contribution >= 4 is 0 Å². The zero-order valence-corrected chi connectivity index (χ0v) is 12.5. The van der Waals surface area contributed by atoms with Gasteiger partial charge in [0.2, 0.25) is 5.72 Å². The zero-order valence-electron chi connectivity index (χ0n) is 11.7. The van der Waals surface area contributed by atoms with Crippen LogP contribution in [0.25, 0.3) is 0 Å². The minimum atomic E-state index is -4.94. The first-order valence-corrected chi connectivity index (χ1v) is 8.22. The average Bonchev–Trinajstić information content (AvgIpc) is 2.81. The summed E-state index contributed by atoms with van der Waals surface area (Å²) in [6.45, 7) is 3.33. The number of fused-ring (bicyclic) bond motifs is 1. The van der Waals surface area contributed by atoms with Gasteiger partial charge in [0, 0.05) is 31.2 Å². The van der Waals surface area contributed by atoms with Gasteiger partial charge in [-0.25, -0.2) is 18.6 Å². The number of nitrogens with zero attached hydrogens (tertiary/aromatic N) is 1. The van der Waals surface area contributed by atoms with Gasteiger partial charge in [-0.1, -0.05) is 30.3 Å². The molecule has 0 atom stereocenters. The summed E-state index contributed by atoms with van der Waals surface area (Å²) in [6, 6.07) is 10.6. The van der Waals surface area contributed by atoms with E-state index in [0.717, 1.165) is 37.0 Å². The standard InChI is InChI=1S/C14H20NO.ClHO4/c16-14-8-4-10-15(14,11-5-9-14)12-13-6-2-1-3-7-13;2-1(3,4)5/h1-3,6-7,16H,4-5,8-12H2;(H,2,3,4,5)/q+1;/p-1. The maximum absolute atomic E-state index is 10.7. The fourth-order valence-corrected chi connectivity index (χ4v) is 3.70. The highest BCUT2D eigenvalue weighted by molar-refractivity contribution is 5.13. The van der Waals surface area contributed by atoms with E-state index in [0.29, 0.717) is 0 Å². The lowest BCUT2D eigenvalue weighted by molar-refractivity contribution is -2.00. The predicted octanol–water partition coefficient (Wildman–Crippen LogP) is -2.48. The van der Waals surface area contributed by atoms with Gasteiger partial charge < -0.3 is 5.11 Å². The van der Waals surface area contributed by atoms with Crippen molar-refractivity contribution in [1.82, 2.24) is 0 Å². The summed E-state index contributed by atoms with van der Waals surface area (Å²) in [5.74, 6) is 0. The Hall–Kier alpha value is -0.730. The van der Waals surface area contributed by atoms with E-state index in [4.69, 9.17) is 18.6 Å². The first-order valence-electron chi connectivity index (χ1n) is 6.98. The molecule has 0 bridgehead atoms. The van der Waals surface area contributed by atoms with E-state index in [1.807, 2.05) is 0 Å². The second-order valence-electron chi connectivity index (χ2n) is 5.80. The molecule has 0 amide bonds. The van der Waals surface area contributed by atoms with Gasteiger partial charge in [-0.2, -0.15) is 0 Å². The summed E-state index contributed by atoms with van der Waals surface area (Å²) < 4.78 is 34.9. The zero-order chi connectivity index (χ0) is 15.6. The lowest BCUT2D eigenvalue weighted by Gasteiger charge is -2.40. The SMILES string of the molecule is OC12CCC[N+]1(Cc1ccccc1)CCC2.[O-][Cl+3]([O-])([O-])[O-]. The molecule has 3 rings (SSSR count). The van der Waals surface area contributed by atoms with Crippen LogP contribution in [0.1, 0.15) is 31.2 Å². The van der Waals surface area contributed by atoms with E-state index in [-0.39, 0.29) is 0 Å². The highest BCUT2D eigenvalue weighted by Gasteiger charge is 2.57. The molecule has 1 aromatic carbocycles. The van der Waals surface area contributed by atoms with Crippen LogP contribution in [0.3, 0.4) is 0 Å². The minimum absolute atomic E-state index is 0.407. The molecule has 118 valence electrons. The number of hydrogen-bond donors (Lipinski definition) is 1. The molecule has 1 N–H and O–H groups in total. The van der Waals surface area contributed by atoms with E-state index in [1.54, 1.807) is 0 Å². The monoisotopic (exact) mass is 317 g/mol. The Morgan fingerprint density at radius 2 is 1.48 bits per heavy atom. The van der Waals surface area contributed by atoms with Crippen LogP contribution in [-0.4, -0.2) is 28.4 Å². The Morgan fingerprint density at radius 1 is 1.00 bits per heavy atom. The third kappa shape index (κ3) is 4.14. The Labute approximate surface area is 126 Å². The van der Waals surface area contributed by atoms with Gasteiger partial charge >= 0.3 is 0 Å². The molecule has 0 aromatic heterocycles. The van der Waals surface area contributed by atoms with Crippen LogP contribution in [0.5, 0.6) is 0 Å². The molecule has 1 aromatic rings. The van der Waals surface area contributed by atoms with Crippen molar-refractivity contribution < 1.29 is 38.5 Å². The Kier molecular flexibility index (Phi) is 4.89. The topological polar surface area (TPSA) is 112 Å². The maximum atomic E-state index is 10.7.